The predicted octanol–water partition coefficient (Wildman–Crippen LogP) is 3.60. The number of carbonyl (C=O) groups is 1. The summed E-state index contributed by atoms with van der Waals surface area (Å²) < 4.78 is 1.69. The molecule has 0 spiro atoms. The molecule has 2 aromatic heterocycles. The molecule has 1 amide bonds. The molecule has 4 rings (SSSR count). The van der Waals surface area contributed by atoms with Gasteiger partial charge in [-0.15, -0.1) is 10.2 Å². The van der Waals surface area contributed by atoms with E-state index in [2.05, 4.69) is 20.6 Å². The van der Waals surface area contributed by atoms with Gasteiger partial charge < -0.3 is 5.32 Å². The SMILES string of the molecule is CC[C@@H](C(=O)NCc1nnc2ccc(-c3ccccc3)nn12)c1ccccc1. The second-order valence-electron chi connectivity index (χ2n) is 6.56. The van der Waals surface area contributed by atoms with E-state index in [1.807, 2.05) is 79.7 Å². The van der Waals surface area contributed by atoms with Gasteiger partial charge in [0, 0.05) is 5.56 Å². The van der Waals surface area contributed by atoms with Gasteiger partial charge >= 0.3 is 0 Å². The normalized spacial score (nSPS) is 12.0. The van der Waals surface area contributed by atoms with E-state index >= 15 is 0 Å². The van der Waals surface area contributed by atoms with Crippen LogP contribution in [0.2, 0.25) is 0 Å². The molecule has 0 radical (unpaired) electrons. The van der Waals surface area contributed by atoms with Gasteiger partial charge in [-0.25, -0.2) is 0 Å². The maximum atomic E-state index is 12.7. The first kappa shape index (κ1) is 17.9. The highest BCUT2D eigenvalue weighted by molar-refractivity contribution is 5.83. The lowest BCUT2D eigenvalue weighted by Gasteiger charge is -2.15. The van der Waals surface area contributed by atoms with Gasteiger partial charge in [-0.05, 0) is 24.1 Å². The molecule has 1 atom stereocenters. The largest absolute Gasteiger partial charge is 0.348 e. The number of benzene rings is 2. The van der Waals surface area contributed by atoms with Gasteiger partial charge in [-0.1, -0.05) is 67.6 Å². The van der Waals surface area contributed by atoms with Crippen LogP contribution in [0.5, 0.6) is 0 Å². The van der Waals surface area contributed by atoms with E-state index in [0.29, 0.717) is 11.5 Å². The van der Waals surface area contributed by atoms with Gasteiger partial charge in [0.2, 0.25) is 5.91 Å². The predicted molar refractivity (Wildman–Crippen MR) is 108 cm³/mol. The summed E-state index contributed by atoms with van der Waals surface area (Å²) in [6.45, 7) is 2.28. The number of amides is 1. The third-order valence-corrected chi connectivity index (χ3v) is 4.74. The molecule has 0 unspecified atom stereocenters. The molecule has 4 aromatic rings. The lowest BCUT2D eigenvalue weighted by molar-refractivity contribution is -0.122. The van der Waals surface area contributed by atoms with E-state index in [1.165, 1.54) is 0 Å². The molecule has 2 aromatic carbocycles. The van der Waals surface area contributed by atoms with E-state index in [-0.39, 0.29) is 18.4 Å². The summed E-state index contributed by atoms with van der Waals surface area (Å²) >= 11 is 0. The third-order valence-electron chi connectivity index (χ3n) is 4.74. The molecule has 2 heterocycles. The second kappa shape index (κ2) is 8.00. The summed E-state index contributed by atoms with van der Waals surface area (Å²) in [6.07, 6.45) is 0.729. The van der Waals surface area contributed by atoms with Crippen LogP contribution in [0.1, 0.15) is 30.7 Å². The zero-order valence-electron chi connectivity index (χ0n) is 15.6. The zero-order valence-corrected chi connectivity index (χ0v) is 15.6. The van der Waals surface area contributed by atoms with Crippen LogP contribution < -0.4 is 5.32 Å². The van der Waals surface area contributed by atoms with Gasteiger partial charge in [0.1, 0.15) is 0 Å². The molecule has 0 aliphatic carbocycles. The van der Waals surface area contributed by atoms with E-state index in [0.717, 1.165) is 23.2 Å². The number of fused-ring (bicyclic) bond motifs is 1. The molecule has 0 saturated heterocycles. The van der Waals surface area contributed by atoms with Crippen molar-refractivity contribution in [2.75, 3.05) is 0 Å². The summed E-state index contributed by atoms with van der Waals surface area (Å²) in [5, 5.41) is 16.0. The molecule has 6 nitrogen and oxygen atoms in total. The number of carbonyl (C=O) groups excluding carboxylic acids is 1. The fraction of sp³-hybridized carbons (Fsp3) is 0.182. The minimum atomic E-state index is -0.187. The molecule has 0 aliphatic heterocycles. The number of rotatable bonds is 6. The summed E-state index contributed by atoms with van der Waals surface area (Å²) in [5.74, 6) is 0.391. The summed E-state index contributed by atoms with van der Waals surface area (Å²) in [6, 6.07) is 23.5. The molecule has 0 fully saturated rings. The topological polar surface area (TPSA) is 72.2 Å². The van der Waals surface area contributed by atoms with Crippen LogP contribution in [0.25, 0.3) is 16.9 Å². The van der Waals surface area contributed by atoms with Gasteiger partial charge in [-0.3, -0.25) is 4.79 Å². The van der Waals surface area contributed by atoms with Crippen molar-refractivity contribution in [3.63, 3.8) is 0 Å². The zero-order chi connectivity index (χ0) is 19.3. The van der Waals surface area contributed by atoms with Crippen LogP contribution in [-0.4, -0.2) is 25.7 Å². The number of hydrogen-bond acceptors (Lipinski definition) is 4. The second-order valence-corrected chi connectivity index (χ2v) is 6.56. The fourth-order valence-corrected chi connectivity index (χ4v) is 3.25. The molecule has 28 heavy (non-hydrogen) atoms. The van der Waals surface area contributed by atoms with E-state index < -0.39 is 0 Å². The Labute approximate surface area is 163 Å². The average molecular weight is 371 g/mol. The van der Waals surface area contributed by atoms with Crippen molar-refractivity contribution in [3.05, 3.63) is 84.2 Å². The van der Waals surface area contributed by atoms with Gasteiger partial charge in [0.25, 0.3) is 0 Å². The van der Waals surface area contributed by atoms with E-state index in [9.17, 15) is 4.79 Å². The molecule has 0 aliphatic rings. The highest BCUT2D eigenvalue weighted by Crippen LogP contribution is 2.20. The lowest BCUT2D eigenvalue weighted by Crippen LogP contribution is -2.29. The minimum Gasteiger partial charge on any atom is -0.348 e. The van der Waals surface area contributed by atoms with E-state index in [4.69, 9.17) is 0 Å². The highest BCUT2D eigenvalue weighted by Gasteiger charge is 2.19. The van der Waals surface area contributed by atoms with Crippen molar-refractivity contribution < 1.29 is 4.79 Å². The molecule has 0 saturated carbocycles. The number of hydrogen-bond donors (Lipinski definition) is 1. The monoisotopic (exact) mass is 371 g/mol. The quantitative estimate of drug-likeness (QED) is 0.562. The number of nitrogens with zero attached hydrogens (tertiary/aromatic N) is 4. The van der Waals surface area contributed by atoms with Crippen LogP contribution >= 0.6 is 0 Å². The van der Waals surface area contributed by atoms with Crippen LogP contribution in [0.15, 0.2) is 72.8 Å². The van der Waals surface area contributed by atoms with Crippen LogP contribution in [0, 0.1) is 0 Å². The maximum absolute atomic E-state index is 12.7. The van der Waals surface area contributed by atoms with Crippen LogP contribution in [0.4, 0.5) is 0 Å². The molecule has 140 valence electrons. The summed E-state index contributed by atoms with van der Waals surface area (Å²) in [4.78, 5) is 12.7. The van der Waals surface area contributed by atoms with E-state index in [1.54, 1.807) is 4.52 Å². The Morgan fingerprint density at radius 2 is 1.68 bits per heavy atom. The van der Waals surface area contributed by atoms with Gasteiger partial charge in [-0.2, -0.15) is 9.61 Å². The summed E-state index contributed by atoms with van der Waals surface area (Å²) in [7, 11) is 0. The minimum absolute atomic E-state index is 0.0235. The Bertz CT molecular complexity index is 1080. The number of aromatic nitrogens is 4. The lowest BCUT2D eigenvalue weighted by atomic mass is 9.96. The van der Waals surface area contributed by atoms with Crippen molar-refractivity contribution in [1.29, 1.82) is 0 Å². The summed E-state index contributed by atoms with van der Waals surface area (Å²) in [5.41, 5.74) is 3.51. The van der Waals surface area contributed by atoms with Crippen molar-refractivity contribution in [1.82, 2.24) is 25.1 Å². The Hall–Kier alpha value is -3.54. The maximum Gasteiger partial charge on any atom is 0.227 e. The number of nitrogens with one attached hydrogen (secondary N) is 1. The molecule has 6 heteroatoms. The van der Waals surface area contributed by atoms with Gasteiger partial charge in [0.15, 0.2) is 11.5 Å². The first-order valence-electron chi connectivity index (χ1n) is 9.35. The van der Waals surface area contributed by atoms with Crippen molar-refractivity contribution in [2.45, 2.75) is 25.8 Å². The van der Waals surface area contributed by atoms with Crippen LogP contribution in [-0.2, 0) is 11.3 Å². The standard InChI is InChI=1S/C22H21N5O/c1-2-18(16-9-5-3-6-10-16)22(28)23-15-21-25-24-20-14-13-19(26-27(20)21)17-11-7-4-8-12-17/h3-14,18H,2,15H2,1H3,(H,23,28)/t18-/m1/s1. The molecular formula is C22H21N5O. The van der Waals surface area contributed by atoms with Crippen molar-refractivity contribution in [3.8, 4) is 11.3 Å². The smallest absolute Gasteiger partial charge is 0.227 e. The van der Waals surface area contributed by atoms with Gasteiger partial charge in [0.05, 0.1) is 18.2 Å². The van der Waals surface area contributed by atoms with Crippen LogP contribution in [0.3, 0.4) is 0 Å². The molecule has 0 bridgehead atoms. The Balaban J connectivity index is 1.54. The third kappa shape index (κ3) is 3.62. The first-order valence-corrected chi connectivity index (χ1v) is 9.35. The average Bonchev–Trinajstić information content (AvgIpc) is 3.16. The Morgan fingerprint density at radius 1 is 0.964 bits per heavy atom. The molecular weight excluding hydrogens is 350 g/mol. The fourth-order valence-electron chi connectivity index (χ4n) is 3.25. The van der Waals surface area contributed by atoms with Crippen molar-refractivity contribution >= 4 is 11.6 Å². The first-order chi connectivity index (χ1) is 13.8. The molecule has 1 N–H and O–H groups in total. The Kier molecular flexibility index (Phi) is 5.10. The Morgan fingerprint density at radius 3 is 2.39 bits per heavy atom. The highest BCUT2D eigenvalue weighted by atomic mass is 16.1. The van der Waals surface area contributed by atoms with Crippen molar-refractivity contribution in [2.24, 2.45) is 0 Å².